The predicted molar refractivity (Wildman–Crippen MR) is 542 cm³/mol. The minimum atomic E-state index is -3.70. The third kappa shape index (κ3) is 37.4. The molecule has 0 aromatic heterocycles. The molecule has 16 aromatic rings. The molecule has 662 valence electrons. The van der Waals surface area contributed by atoms with Gasteiger partial charge in [-0.15, -0.1) is 93.0 Å². The molecule has 16 rings (SSSR count). The first-order valence-electron chi connectivity index (χ1n) is 62.2. The van der Waals surface area contributed by atoms with Crippen LogP contribution in [0.15, 0.2) is 412 Å². The van der Waals surface area contributed by atoms with E-state index in [0.29, 0.717) is 11.1 Å². The van der Waals surface area contributed by atoms with Gasteiger partial charge in [0.15, 0.2) is 0 Å². The van der Waals surface area contributed by atoms with Crippen LogP contribution in [0.1, 0.15) is 116 Å². The van der Waals surface area contributed by atoms with Crippen LogP contribution in [0.3, 0.4) is 0 Å². The first-order valence-corrected chi connectivity index (χ1v) is 47.0. The second-order valence-corrected chi connectivity index (χ2v) is 37.5. The maximum Gasteiger partial charge on any atom is 4.00 e. The van der Waals surface area contributed by atoms with Crippen LogP contribution in [0.25, 0.3) is 0 Å². The molecule has 0 aliphatic heterocycles. The fourth-order valence-corrected chi connectivity index (χ4v) is 20.4. The number of rotatable bonds is 38. The van der Waals surface area contributed by atoms with Gasteiger partial charge in [-0.25, -0.2) is 0 Å². The summed E-state index contributed by atoms with van der Waals surface area (Å²) in [6.07, 6.45) is -6.09. The Balaban J connectivity index is 0.000000284. The molecule has 0 N–H and O–H groups in total. The number of likely N-dealkylation sites (N-methyl/N-ethyl adjacent to an activating group) is 4. The van der Waals surface area contributed by atoms with Crippen LogP contribution < -0.4 is 41.3 Å². The summed E-state index contributed by atoms with van der Waals surface area (Å²) in [5, 5.41) is -1.83. The summed E-state index contributed by atoms with van der Waals surface area (Å²) in [4.78, 5) is 9.32. The Kier molecular flexibility index (Phi) is 26.8. The second kappa shape index (κ2) is 59.7. The number of hydrogen-bond donors (Lipinski definition) is 0. The molecule has 0 saturated heterocycles. The molecule has 0 amide bonds. The molecule has 16 aromatic carbocycles. The number of hydrogen-bond acceptors (Lipinski definition) is 6. The Hall–Kier alpha value is -8.74. The Morgan fingerprint density at radius 1 is 0.277 bits per heavy atom. The molecule has 6 nitrogen and oxygen atoms in total. The SMILES string of the molecule is CN(CCN(C)Cc1[c-]cccc1)Cc1[c-]cccc1.CN(CCN(C)Cc1[c-]cccc1)Cc1[c-]cccc1.[2H]c1c([2H])c([2H])c(CC[PH+](Cc2[c-]c(Oc3[c-]c(C[PH+](c4c([2H])c([2H])c([2H])c([2H])c4[2H])c4c([2H])c([2H])c([2H])c([2H])c4[2H])ccc3)ccc2)c2c([2H])c([2H])c([2H])c([2H])c2[2H])c([2H])c1[2H].[2H]c1c([2H])c([2H])c(CC[PH+](c2c([2H])c([2H])c([2H])c([2H])c2[2H])C([2H])([2H])c2[c-]c(Oc3[c-]c(C([2H])([2H])[PH+](c4c([2H])c([2H])c([2H])c([2H])c4[2H])c4c([2H])c([2H])c([2H])c([2H])c4[2H])ccc3)ccc2)c([2H])c1[2H].[Fe+4].[Pt+2].[Pt+2].[Pt+4]. The molecular weight excluding hydrogens is 2250 g/mol. The normalized spacial score (nSPS) is 16.2. The van der Waals surface area contributed by atoms with Gasteiger partial charge in [0, 0.05) is 104 Å². The maximum atomic E-state index is 9.51. The first-order chi connectivity index (χ1) is 80.2. The van der Waals surface area contributed by atoms with Crippen molar-refractivity contribution in [3.8, 4) is 23.0 Å². The predicted octanol–water partition coefficient (Wildman–Crippen LogP) is 23.1. The fraction of sp³-hybridized carbons (Fsp3) is 0.172. The van der Waals surface area contributed by atoms with E-state index in [9.17, 15) is 5.48 Å². The first kappa shape index (κ1) is 58.4. The van der Waals surface area contributed by atoms with Crippen LogP contribution in [0.4, 0.5) is 0 Å². The van der Waals surface area contributed by atoms with E-state index in [2.05, 4.69) is 145 Å². The number of ether oxygens (including phenoxy) is 2. The Bertz CT molecular complexity index is 7930. The van der Waals surface area contributed by atoms with Crippen LogP contribution in [-0.2, 0) is 144 Å². The Morgan fingerprint density at radius 2 is 0.531 bits per heavy atom. The van der Waals surface area contributed by atoms with Crippen LogP contribution in [0.2, 0.25) is 0 Å². The van der Waals surface area contributed by atoms with E-state index in [1.165, 1.54) is 58.7 Å². The second-order valence-electron chi connectivity index (χ2n) is 28.4. The molecule has 2 atom stereocenters. The topological polar surface area (TPSA) is 31.4 Å². The summed E-state index contributed by atoms with van der Waals surface area (Å²) in [7, 11) is -3.21. The van der Waals surface area contributed by atoms with Gasteiger partial charge in [0.05, 0.1) is 145 Å². The van der Waals surface area contributed by atoms with Gasteiger partial charge < -0.3 is 29.1 Å². The summed E-state index contributed by atoms with van der Waals surface area (Å²) < 4.78 is 386. The third-order valence-corrected chi connectivity index (χ3v) is 28.0. The van der Waals surface area contributed by atoms with Crippen molar-refractivity contribution in [2.45, 2.75) is 63.6 Å². The average molecular weight is 2410 g/mol. The molecule has 0 heterocycles. The molecule has 130 heavy (non-hydrogen) atoms. The van der Waals surface area contributed by atoms with Gasteiger partial charge in [0.1, 0.15) is 0 Å². The average Bonchev–Trinajstić information content (AvgIpc) is 0.722. The van der Waals surface area contributed by atoms with Crippen LogP contribution >= 0.6 is 31.7 Å². The maximum absolute atomic E-state index is 9.51. The van der Waals surface area contributed by atoms with E-state index in [1.807, 2.05) is 48.5 Å². The summed E-state index contributed by atoms with van der Waals surface area (Å²) in [5.41, 5.74) is 5.10. The largest absolute Gasteiger partial charge is 4.00 e. The van der Waals surface area contributed by atoms with E-state index in [0.717, 1.165) is 52.4 Å². The molecule has 0 radical (unpaired) electrons. The van der Waals surface area contributed by atoms with E-state index in [-0.39, 0.29) is 184 Å². The summed E-state index contributed by atoms with van der Waals surface area (Å²) in [5.74, 6) is -0.126. The smallest absolute Gasteiger partial charge is 0.509 e. The minimum Gasteiger partial charge on any atom is -0.509 e. The van der Waals surface area contributed by atoms with Crippen molar-refractivity contribution in [1.29, 1.82) is 0 Å². The van der Waals surface area contributed by atoms with Crippen molar-refractivity contribution in [3.63, 3.8) is 0 Å². The fourth-order valence-electron chi connectivity index (χ4n) is 12.5. The van der Waals surface area contributed by atoms with Gasteiger partial charge in [-0.3, -0.25) is 0 Å². The van der Waals surface area contributed by atoms with E-state index in [1.54, 1.807) is 36.4 Å². The molecule has 2 unspecified atom stereocenters. The summed E-state index contributed by atoms with van der Waals surface area (Å²) >= 11 is 0. The van der Waals surface area contributed by atoms with Crippen molar-refractivity contribution in [1.82, 2.24) is 19.6 Å². The van der Waals surface area contributed by atoms with Gasteiger partial charge in [-0.05, 0) is 112 Å². The summed E-state index contributed by atoms with van der Waals surface area (Å²) in [6, 6.07) is 49.3. The molecule has 0 spiro atoms. The van der Waals surface area contributed by atoms with Crippen LogP contribution in [0, 0.1) is 48.5 Å². The standard InChI is InChI=1S/2C40H34OP2.2C18H22N2.Fe.3Pt/c2*1-5-15-33(16-6-1)27-28-42(38-21-7-2-8-22-38)31-34-17-13-19-36(29-34)41-37-20-14-18-35(30-37)32-43(39-23-9-3-10-24-39)40-25-11-4-12-26-40;2*1-19(15-17-9-5-3-6-10-17)13-14-20(2)16-18-11-7-4-8-12-18;;;;/h2*1-26H,27-28,31-32H2;2*3-9,11H,13-16H2,1-2H3;;;;/q4*-2;+4;2*+2;+4/p+4/i1D,2D,3D,4D,5D,6D,7D,8D,9D,10D,11D,12D,15D,16D,21D,22D,23D,24D,25D,26D,31D2,32D2;1D,2D,3D,4D,5D,6D,7D,8D,9D,10D,11D,12D,15D,16D,21D,22D,23D,24D,25D,26D;;;;;;. The molecule has 14 heteroatoms. The third-order valence-electron chi connectivity index (χ3n) is 18.7. The van der Waals surface area contributed by atoms with Crippen LogP contribution in [-0.4, -0.2) is 86.3 Å². The van der Waals surface area contributed by atoms with Gasteiger partial charge in [-0.1, -0.05) is 169 Å². The minimum absolute atomic E-state index is 0. The monoisotopic (exact) mass is 2410 g/mol. The van der Waals surface area contributed by atoms with Crippen LogP contribution in [0.5, 0.6) is 23.0 Å². The zero-order valence-electron chi connectivity index (χ0n) is 115. The Labute approximate surface area is 896 Å². The van der Waals surface area contributed by atoms with Gasteiger partial charge in [-0.2, -0.15) is 170 Å². The molecule has 0 fully saturated rings. The van der Waals surface area contributed by atoms with E-state index >= 15 is 0 Å². The zero-order valence-corrected chi connectivity index (χ0v) is 82.9. The van der Waals surface area contributed by atoms with Gasteiger partial charge in [0.25, 0.3) is 0 Å². The number of nitrogens with zero attached hydrogens (tertiary/aromatic N) is 4. The molecule has 0 saturated carbocycles. The number of benzene rings is 16. The van der Waals surface area contributed by atoms with Crippen molar-refractivity contribution in [2.24, 2.45) is 0 Å². The van der Waals surface area contributed by atoms with Gasteiger partial charge in [0.2, 0.25) is 0 Å². The van der Waals surface area contributed by atoms with Gasteiger partial charge >= 0.3 is 80.3 Å². The zero-order chi connectivity index (χ0) is 125. The quantitative estimate of drug-likeness (QED) is 0.0218. The Morgan fingerprint density at radius 3 is 0.846 bits per heavy atom. The van der Waals surface area contributed by atoms with Crippen molar-refractivity contribution >= 4 is 63.5 Å². The summed E-state index contributed by atoms with van der Waals surface area (Å²) in [6.45, 7) is 7.99. The van der Waals surface area contributed by atoms with Crippen molar-refractivity contribution < 1.29 is 150 Å². The van der Waals surface area contributed by atoms with Crippen molar-refractivity contribution in [3.05, 3.63) is 516 Å². The van der Waals surface area contributed by atoms with Crippen molar-refractivity contribution in [2.75, 3.05) is 66.7 Å². The molecule has 0 aliphatic carbocycles. The molecule has 0 bridgehead atoms. The van der Waals surface area contributed by atoms with E-state index < -0.39 is 296 Å². The molecule has 0 aliphatic rings. The van der Waals surface area contributed by atoms with E-state index in [4.69, 9.17) is 64.3 Å². The molecular formula is C116H116FeN4O2P4Pt3+8.